The third kappa shape index (κ3) is 9.60. The van der Waals surface area contributed by atoms with Crippen molar-refractivity contribution in [1.29, 1.82) is 0 Å². The summed E-state index contributed by atoms with van der Waals surface area (Å²) >= 11 is 4.12. The maximum absolute atomic E-state index is 12.9. The number of hydrogen-bond donors (Lipinski definition) is 7. The number of phenols is 1. The number of benzene rings is 1. The molecule has 0 spiro atoms. The minimum atomic E-state index is -1.26. The van der Waals surface area contributed by atoms with E-state index in [0.717, 1.165) is 0 Å². The Bertz CT molecular complexity index is 846. The van der Waals surface area contributed by atoms with Crippen LogP contribution in [0, 0.1) is 11.8 Å². The van der Waals surface area contributed by atoms with Gasteiger partial charge in [0.1, 0.15) is 23.9 Å². The highest BCUT2D eigenvalue weighted by molar-refractivity contribution is 7.80. The second-order valence-corrected chi connectivity index (χ2v) is 9.35. The fourth-order valence-corrected chi connectivity index (χ4v) is 3.46. The van der Waals surface area contributed by atoms with Crippen LogP contribution in [0.5, 0.6) is 5.75 Å². The van der Waals surface area contributed by atoms with E-state index in [1.165, 1.54) is 12.1 Å². The van der Waals surface area contributed by atoms with Gasteiger partial charge in [0.2, 0.25) is 17.7 Å². The molecule has 1 aromatic rings. The van der Waals surface area contributed by atoms with Crippen LogP contribution in [0.1, 0.15) is 39.7 Å². The van der Waals surface area contributed by atoms with E-state index >= 15 is 0 Å². The number of carboxylic acids is 1. The summed E-state index contributed by atoms with van der Waals surface area (Å²) in [6.45, 7) is 7.35. The van der Waals surface area contributed by atoms with Gasteiger partial charge in [-0.2, -0.15) is 12.6 Å². The zero-order valence-electron chi connectivity index (χ0n) is 19.9. The normalized spacial score (nSPS) is 14.7. The third-order valence-corrected chi connectivity index (χ3v) is 5.48. The number of nitrogens with two attached hydrogens (primary N) is 1. The molecule has 0 saturated carbocycles. The molecule has 0 fully saturated rings. The van der Waals surface area contributed by atoms with E-state index in [2.05, 4.69) is 28.6 Å². The minimum Gasteiger partial charge on any atom is -0.508 e. The molecule has 10 nitrogen and oxygen atoms in total. The Balaban J connectivity index is 2.84. The molecule has 0 aliphatic rings. The number of amides is 3. The van der Waals surface area contributed by atoms with Crippen molar-refractivity contribution in [1.82, 2.24) is 16.0 Å². The van der Waals surface area contributed by atoms with Crippen LogP contribution < -0.4 is 21.7 Å². The van der Waals surface area contributed by atoms with E-state index in [1.54, 1.807) is 26.0 Å². The molecule has 190 valence electrons. The summed E-state index contributed by atoms with van der Waals surface area (Å²) in [5, 5.41) is 26.5. The number of phenolic OH excluding ortho intramolecular Hbond substituents is 1. The molecular formula is C23H36N4O6S. The molecule has 0 heterocycles. The topological polar surface area (TPSA) is 171 Å². The van der Waals surface area contributed by atoms with Gasteiger partial charge >= 0.3 is 5.97 Å². The van der Waals surface area contributed by atoms with Gasteiger partial charge in [0.25, 0.3) is 0 Å². The van der Waals surface area contributed by atoms with Gasteiger partial charge in [-0.05, 0) is 36.0 Å². The van der Waals surface area contributed by atoms with Crippen LogP contribution in [-0.4, -0.2) is 63.8 Å². The van der Waals surface area contributed by atoms with Crippen LogP contribution in [0.4, 0.5) is 0 Å². The number of hydrogen-bond acceptors (Lipinski definition) is 7. The highest BCUT2D eigenvalue weighted by Crippen LogP contribution is 2.12. The summed E-state index contributed by atoms with van der Waals surface area (Å²) in [5.74, 6) is -3.18. The van der Waals surface area contributed by atoms with Gasteiger partial charge < -0.3 is 31.9 Å². The standard InChI is InChI=1S/C23H36N4O6S/c1-12(2)9-16(24)20(29)27-19(13(3)4)22(31)26-18(11-34)21(30)25-17(23(32)33)10-14-5-7-15(28)8-6-14/h5-8,12-13,16-19,28,34H,9-11,24H2,1-4H3,(H,25,30)(H,26,31)(H,27,29)(H,32,33). The molecule has 1 aromatic carbocycles. The molecule has 7 N–H and O–H groups in total. The van der Waals surface area contributed by atoms with E-state index in [0.29, 0.717) is 12.0 Å². The number of carboxylic acid groups (broad SMARTS) is 1. The van der Waals surface area contributed by atoms with Crippen LogP contribution in [-0.2, 0) is 25.6 Å². The smallest absolute Gasteiger partial charge is 0.326 e. The molecule has 0 aromatic heterocycles. The summed E-state index contributed by atoms with van der Waals surface area (Å²) in [6, 6.07) is 1.85. The van der Waals surface area contributed by atoms with Crippen LogP contribution in [0.2, 0.25) is 0 Å². The summed E-state index contributed by atoms with van der Waals surface area (Å²) in [4.78, 5) is 49.7. The maximum atomic E-state index is 12.9. The summed E-state index contributed by atoms with van der Waals surface area (Å²) in [5.41, 5.74) is 6.50. The van der Waals surface area contributed by atoms with Crippen molar-refractivity contribution in [3.05, 3.63) is 29.8 Å². The molecule has 0 saturated heterocycles. The molecule has 11 heteroatoms. The number of nitrogens with one attached hydrogen (secondary N) is 3. The molecule has 4 unspecified atom stereocenters. The molecule has 0 bridgehead atoms. The lowest BCUT2D eigenvalue weighted by molar-refractivity contribution is -0.142. The molecule has 1 rings (SSSR count). The Labute approximate surface area is 205 Å². The Morgan fingerprint density at radius 2 is 1.47 bits per heavy atom. The second-order valence-electron chi connectivity index (χ2n) is 8.98. The zero-order valence-corrected chi connectivity index (χ0v) is 20.8. The Hall–Kier alpha value is -2.79. The molecular weight excluding hydrogens is 460 g/mol. The van der Waals surface area contributed by atoms with Crippen LogP contribution in [0.15, 0.2) is 24.3 Å². The molecule has 34 heavy (non-hydrogen) atoms. The first-order valence-electron chi connectivity index (χ1n) is 11.1. The van der Waals surface area contributed by atoms with E-state index < -0.39 is 47.9 Å². The number of thiol groups is 1. The molecule has 0 aliphatic heterocycles. The summed E-state index contributed by atoms with van der Waals surface area (Å²) in [6.07, 6.45) is 0.435. The first kappa shape index (κ1) is 29.2. The number of rotatable bonds is 13. The van der Waals surface area contributed by atoms with Crippen molar-refractivity contribution in [2.75, 3.05) is 5.75 Å². The number of carbonyl (C=O) groups is 4. The fourth-order valence-electron chi connectivity index (χ4n) is 3.21. The van der Waals surface area contributed by atoms with Gasteiger partial charge in [-0.1, -0.05) is 39.8 Å². The molecule has 0 aliphatic carbocycles. The summed E-state index contributed by atoms with van der Waals surface area (Å²) in [7, 11) is 0. The predicted octanol–water partition coefficient (Wildman–Crippen LogP) is 0.433. The first-order valence-corrected chi connectivity index (χ1v) is 11.8. The fraction of sp³-hybridized carbons (Fsp3) is 0.565. The van der Waals surface area contributed by atoms with Gasteiger partial charge in [-0.3, -0.25) is 14.4 Å². The summed E-state index contributed by atoms with van der Waals surface area (Å²) < 4.78 is 0. The van der Waals surface area contributed by atoms with Crippen LogP contribution in [0.25, 0.3) is 0 Å². The predicted molar refractivity (Wildman–Crippen MR) is 131 cm³/mol. The van der Waals surface area contributed by atoms with Gasteiger partial charge in [0.15, 0.2) is 0 Å². The van der Waals surface area contributed by atoms with Gasteiger partial charge in [-0.15, -0.1) is 0 Å². The van der Waals surface area contributed by atoms with Gasteiger partial charge in [0, 0.05) is 12.2 Å². The van der Waals surface area contributed by atoms with E-state index in [4.69, 9.17) is 5.73 Å². The lowest BCUT2D eigenvalue weighted by Crippen LogP contribution is -2.59. The molecule has 3 amide bonds. The Morgan fingerprint density at radius 1 is 0.912 bits per heavy atom. The average molecular weight is 497 g/mol. The molecule has 0 radical (unpaired) electrons. The third-order valence-electron chi connectivity index (χ3n) is 5.12. The van der Waals surface area contributed by atoms with Crippen molar-refractivity contribution in [3.8, 4) is 5.75 Å². The quantitative estimate of drug-likeness (QED) is 0.194. The highest BCUT2D eigenvalue weighted by atomic mass is 32.1. The second kappa shape index (κ2) is 13.8. The molecule has 4 atom stereocenters. The maximum Gasteiger partial charge on any atom is 0.326 e. The Morgan fingerprint density at radius 3 is 1.94 bits per heavy atom. The van der Waals surface area contributed by atoms with Gasteiger partial charge in [0.05, 0.1) is 6.04 Å². The average Bonchev–Trinajstić information content (AvgIpc) is 2.75. The van der Waals surface area contributed by atoms with E-state index in [9.17, 15) is 29.4 Å². The van der Waals surface area contributed by atoms with Crippen molar-refractivity contribution in [2.24, 2.45) is 17.6 Å². The largest absolute Gasteiger partial charge is 0.508 e. The van der Waals surface area contributed by atoms with Crippen molar-refractivity contribution < 1.29 is 29.4 Å². The number of carbonyl (C=O) groups excluding carboxylic acids is 3. The van der Waals surface area contributed by atoms with Crippen molar-refractivity contribution in [3.63, 3.8) is 0 Å². The monoisotopic (exact) mass is 496 g/mol. The zero-order chi connectivity index (χ0) is 26.0. The minimum absolute atomic E-state index is 0.0208. The van der Waals surface area contributed by atoms with Crippen molar-refractivity contribution >= 4 is 36.3 Å². The van der Waals surface area contributed by atoms with Crippen molar-refractivity contribution in [2.45, 2.75) is 64.7 Å². The highest BCUT2D eigenvalue weighted by Gasteiger charge is 2.31. The first-order chi connectivity index (χ1) is 15.8. The van der Waals surface area contributed by atoms with E-state index in [-0.39, 0.29) is 29.8 Å². The lowest BCUT2D eigenvalue weighted by atomic mass is 10.00. The number of aromatic hydroxyl groups is 1. The number of aliphatic carboxylic acids is 1. The van der Waals surface area contributed by atoms with Gasteiger partial charge in [-0.25, -0.2) is 4.79 Å². The van der Waals surface area contributed by atoms with Crippen LogP contribution >= 0.6 is 12.6 Å². The Kier molecular flexibility index (Phi) is 11.9. The SMILES string of the molecule is CC(C)CC(N)C(=O)NC(C(=O)NC(CS)C(=O)NC(Cc1ccc(O)cc1)C(=O)O)C(C)C. The lowest BCUT2D eigenvalue weighted by Gasteiger charge is -2.26. The van der Waals surface area contributed by atoms with Crippen LogP contribution in [0.3, 0.4) is 0 Å². The van der Waals surface area contributed by atoms with E-state index in [1.807, 2.05) is 13.8 Å².